The lowest BCUT2D eigenvalue weighted by Crippen LogP contribution is -2.44. The number of nitrogens with one attached hydrogen (secondary N) is 1. The van der Waals surface area contributed by atoms with E-state index >= 15 is 0 Å². The Hall–Kier alpha value is -3.69. The van der Waals surface area contributed by atoms with Crippen LogP contribution in [0.4, 0.5) is 0 Å². The molecule has 0 saturated carbocycles. The Morgan fingerprint density at radius 1 is 1.18 bits per heavy atom. The van der Waals surface area contributed by atoms with Gasteiger partial charge >= 0.3 is 11.7 Å². The Morgan fingerprint density at radius 2 is 1.94 bits per heavy atom. The lowest BCUT2D eigenvalue weighted by atomic mass is 10.1. The number of esters is 1. The van der Waals surface area contributed by atoms with Crippen LogP contribution in [0.15, 0.2) is 35.4 Å². The Kier molecular flexibility index (Phi) is 5.69. The van der Waals surface area contributed by atoms with Crippen LogP contribution in [-0.2, 0) is 32.7 Å². The number of hydrogen-bond donors (Lipinski definition) is 1. The Balaban J connectivity index is 1.58. The molecule has 0 bridgehead atoms. The highest BCUT2D eigenvalue weighted by atomic mass is 16.6. The van der Waals surface area contributed by atoms with Crippen LogP contribution in [0.2, 0.25) is 0 Å². The molecule has 174 valence electrons. The maximum absolute atomic E-state index is 12.9. The first-order chi connectivity index (χ1) is 15.5. The average Bonchev–Trinajstić information content (AvgIpc) is 3.29. The smallest absolute Gasteiger partial charge is 0.329 e. The van der Waals surface area contributed by atoms with Gasteiger partial charge in [0.1, 0.15) is 11.6 Å². The van der Waals surface area contributed by atoms with Crippen molar-refractivity contribution >= 4 is 28.8 Å². The number of imide groups is 1. The predicted octanol–water partition coefficient (Wildman–Crippen LogP) is 1.91. The number of carbonyl (C=O) groups excluding carboxylic acids is 3. The summed E-state index contributed by atoms with van der Waals surface area (Å²) in [4.78, 5) is 48.7. The van der Waals surface area contributed by atoms with Gasteiger partial charge in [-0.3, -0.25) is 33.5 Å². The van der Waals surface area contributed by atoms with Crippen molar-refractivity contribution in [3.05, 3.63) is 41.1 Å². The summed E-state index contributed by atoms with van der Waals surface area (Å²) in [6, 6.07) is 4.81. The van der Waals surface area contributed by atoms with E-state index in [1.165, 1.54) is 9.13 Å². The van der Waals surface area contributed by atoms with Gasteiger partial charge in [-0.2, -0.15) is 5.10 Å². The second-order valence-corrected chi connectivity index (χ2v) is 9.21. The van der Waals surface area contributed by atoms with Crippen molar-refractivity contribution in [2.24, 2.45) is 7.05 Å². The van der Waals surface area contributed by atoms with Crippen LogP contribution in [0.25, 0.3) is 22.2 Å². The van der Waals surface area contributed by atoms with Crippen molar-refractivity contribution in [1.29, 1.82) is 0 Å². The lowest BCUT2D eigenvalue weighted by Gasteiger charge is -2.21. The highest BCUT2D eigenvalue weighted by Gasteiger charge is 2.31. The molecule has 10 heteroatoms. The number of carbonyl (C=O) groups is 3. The van der Waals surface area contributed by atoms with Crippen LogP contribution >= 0.6 is 0 Å². The van der Waals surface area contributed by atoms with Gasteiger partial charge in [-0.15, -0.1) is 0 Å². The highest BCUT2D eigenvalue weighted by Crippen LogP contribution is 2.27. The van der Waals surface area contributed by atoms with E-state index in [9.17, 15) is 19.2 Å². The van der Waals surface area contributed by atoms with Crippen LogP contribution in [0.5, 0.6) is 0 Å². The maximum atomic E-state index is 12.9. The van der Waals surface area contributed by atoms with Gasteiger partial charge in [-0.1, -0.05) is 6.07 Å². The number of hydrogen-bond acceptors (Lipinski definition) is 6. The van der Waals surface area contributed by atoms with Crippen molar-refractivity contribution in [1.82, 2.24) is 24.2 Å². The van der Waals surface area contributed by atoms with E-state index in [1.807, 2.05) is 39.1 Å². The fourth-order valence-corrected chi connectivity index (χ4v) is 4.01. The number of imidazole rings is 1. The number of rotatable bonds is 5. The first-order valence-corrected chi connectivity index (χ1v) is 10.8. The molecule has 1 unspecified atom stereocenters. The van der Waals surface area contributed by atoms with Crippen LogP contribution < -0.4 is 11.0 Å². The first-order valence-electron chi connectivity index (χ1n) is 10.8. The quantitative estimate of drug-likeness (QED) is 0.466. The summed E-state index contributed by atoms with van der Waals surface area (Å²) in [6.07, 6.45) is 4.22. The van der Waals surface area contributed by atoms with E-state index < -0.39 is 17.6 Å². The molecule has 1 saturated heterocycles. The molecular weight excluding hydrogens is 426 g/mol. The minimum Gasteiger partial charge on any atom is -0.460 e. The van der Waals surface area contributed by atoms with Crippen molar-refractivity contribution < 1.29 is 19.1 Å². The van der Waals surface area contributed by atoms with Crippen molar-refractivity contribution in [3.8, 4) is 11.1 Å². The van der Waals surface area contributed by atoms with E-state index in [2.05, 4.69) is 10.4 Å². The number of aryl methyl sites for hydroxylation is 2. The predicted molar refractivity (Wildman–Crippen MR) is 120 cm³/mol. The summed E-state index contributed by atoms with van der Waals surface area (Å²) in [5.41, 5.74) is 2.14. The zero-order valence-electron chi connectivity index (χ0n) is 19.1. The highest BCUT2D eigenvalue weighted by molar-refractivity contribution is 6.00. The Labute approximate surface area is 190 Å². The van der Waals surface area contributed by atoms with Gasteiger partial charge in [0.15, 0.2) is 0 Å². The van der Waals surface area contributed by atoms with E-state index in [0.717, 1.165) is 11.1 Å². The largest absolute Gasteiger partial charge is 0.460 e. The molecule has 1 N–H and O–H groups in total. The summed E-state index contributed by atoms with van der Waals surface area (Å²) in [5.74, 6) is -1.07. The van der Waals surface area contributed by atoms with Gasteiger partial charge in [0.2, 0.25) is 11.8 Å². The van der Waals surface area contributed by atoms with E-state index in [-0.39, 0.29) is 36.8 Å². The molecule has 33 heavy (non-hydrogen) atoms. The summed E-state index contributed by atoms with van der Waals surface area (Å²) in [7, 11) is 1.65. The second-order valence-electron chi connectivity index (χ2n) is 9.21. The molecular formula is C23H27N5O5. The maximum Gasteiger partial charge on any atom is 0.329 e. The molecule has 10 nitrogen and oxygen atoms in total. The van der Waals surface area contributed by atoms with Crippen LogP contribution in [0, 0.1) is 0 Å². The molecule has 1 aliphatic rings. The molecule has 3 aromatic rings. The Bertz CT molecular complexity index is 1310. The summed E-state index contributed by atoms with van der Waals surface area (Å²) in [5, 5.41) is 6.64. The fraction of sp³-hybridized carbons (Fsp3) is 0.435. The van der Waals surface area contributed by atoms with Gasteiger partial charge in [0.25, 0.3) is 0 Å². The zero-order chi connectivity index (χ0) is 23.9. The Morgan fingerprint density at radius 3 is 2.64 bits per heavy atom. The van der Waals surface area contributed by atoms with Crippen molar-refractivity contribution in [2.75, 3.05) is 0 Å². The molecule has 0 spiro atoms. The van der Waals surface area contributed by atoms with E-state index in [4.69, 9.17) is 4.74 Å². The van der Waals surface area contributed by atoms with Crippen LogP contribution in [-0.4, -0.2) is 42.3 Å². The zero-order valence-corrected chi connectivity index (χ0v) is 19.1. The molecule has 0 radical (unpaired) electrons. The number of nitrogens with zero attached hydrogens (tertiary/aromatic N) is 4. The second kappa shape index (κ2) is 8.34. The normalized spacial score (nSPS) is 16.8. The minimum atomic E-state index is -0.722. The number of benzene rings is 1. The van der Waals surface area contributed by atoms with Crippen molar-refractivity contribution in [2.45, 2.75) is 58.2 Å². The van der Waals surface area contributed by atoms with E-state index in [1.54, 1.807) is 24.0 Å². The number of aromatic nitrogens is 4. The van der Waals surface area contributed by atoms with Gasteiger partial charge < -0.3 is 4.74 Å². The summed E-state index contributed by atoms with van der Waals surface area (Å²) in [6.45, 7) is 5.87. The lowest BCUT2D eigenvalue weighted by molar-refractivity contribution is -0.155. The molecule has 1 aliphatic heterocycles. The number of piperidine rings is 1. The molecule has 1 atom stereocenters. The average molecular weight is 453 g/mol. The van der Waals surface area contributed by atoms with Gasteiger partial charge in [-0.25, -0.2) is 4.79 Å². The molecule has 2 aromatic heterocycles. The fourth-order valence-electron chi connectivity index (χ4n) is 4.01. The third-order valence-corrected chi connectivity index (χ3v) is 5.54. The molecule has 1 aromatic carbocycles. The van der Waals surface area contributed by atoms with Gasteiger partial charge in [-0.05, 0) is 44.9 Å². The van der Waals surface area contributed by atoms with Gasteiger partial charge in [0, 0.05) is 25.2 Å². The standard InChI is InChI=1S/C23H27N5O5/c1-23(2,3)33-20(30)9-10-27-13-15(12-24-27)14-5-6-16-18(11-14)26(4)22(32)28(16)17-7-8-19(29)25-21(17)31/h5-6,11-13,17H,7-10H2,1-4H3,(H,25,29,31). The molecule has 1 fully saturated rings. The molecule has 3 heterocycles. The minimum absolute atomic E-state index is 0.194. The number of fused-ring (bicyclic) bond motifs is 1. The third-order valence-electron chi connectivity index (χ3n) is 5.54. The number of amides is 2. The van der Waals surface area contributed by atoms with Crippen LogP contribution in [0.1, 0.15) is 46.1 Å². The van der Waals surface area contributed by atoms with Crippen LogP contribution in [0.3, 0.4) is 0 Å². The summed E-state index contributed by atoms with van der Waals surface area (Å²) >= 11 is 0. The SMILES string of the molecule is Cn1c(=O)n(C2CCC(=O)NC2=O)c2ccc(-c3cnn(CCC(=O)OC(C)(C)C)c3)cc21. The number of ether oxygens (including phenoxy) is 1. The topological polar surface area (TPSA) is 117 Å². The van der Waals surface area contributed by atoms with E-state index in [0.29, 0.717) is 17.6 Å². The molecule has 2 amide bonds. The first kappa shape index (κ1) is 22.5. The molecule has 4 rings (SSSR count). The summed E-state index contributed by atoms with van der Waals surface area (Å²) < 4.78 is 9.95. The van der Waals surface area contributed by atoms with Gasteiger partial charge in [0.05, 0.1) is 30.2 Å². The van der Waals surface area contributed by atoms with Crippen molar-refractivity contribution in [3.63, 3.8) is 0 Å². The third kappa shape index (κ3) is 4.59. The molecule has 0 aliphatic carbocycles. The monoisotopic (exact) mass is 453 g/mol.